The van der Waals surface area contributed by atoms with E-state index in [0.29, 0.717) is 10.0 Å². The van der Waals surface area contributed by atoms with Crippen molar-refractivity contribution in [2.24, 2.45) is 5.73 Å². The Kier molecular flexibility index (Phi) is 2.69. The van der Waals surface area contributed by atoms with Crippen molar-refractivity contribution in [3.8, 4) is 5.75 Å². The lowest BCUT2D eigenvalue weighted by Gasteiger charge is -2.06. The van der Waals surface area contributed by atoms with Crippen LogP contribution in [0.4, 0.5) is 4.39 Å². The van der Waals surface area contributed by atoms with Crippen molar-refractivity contribution in [3.63, 3.8) is 0 Å². The third-order valence-corrected chi connectivity index (χ3v) is 2.66. The number of nitrogens with two attached hydrogens (primary N) is 1. The Hall–Kier alpha value is -0.610. The first-order valence-electron chi connectivity index (χ1n) is 3.44. The molecule has 0 heterocycles. The summed E-state index contributed by atoms with van der Waals surface area (Å²) in [6, 6.07) is 1.61. The van der Waals surface area contributed by atoms with Crippen LogP contribution in [0.25, 0.3) is 0 Å². The summed E-state index contributed by atoms with van der Waals surface area (Å²) in [5.74, 6) is -1.01. The second-order valence-corrected chi connectivity index (χ2v) is 3.33. The summed E-state index contributed by atoms with van der Waals surface area (Å²) in [4.78, 5) is 0. The van der Waals surface area contributed by atoms with Crippen molar-refractivity contribution in [3.05, 3.63) is 27.5 Å². The predicted octanol–water partition coefficient (Wildman–Crippen LogP) is 2.06. The largest absolute Gasteiger partial charge is 0.504 e. The van der Waals surface area contributed by atoms with Crippen molar-refractivity contribution in [2.45, 2.75) is 13.5 Å². The minimum Gasteiger partial charge on any atom is -0.504 e. The van der Waals surface area contributed by atoms with Crippen LogP contribution in [0.3, 0.4) is 0 Å². The van der Waals surface area contributed by atoms with Crippen molar-refractivity contribution in [1.29, 1.82) is 0 Å². The van der Waals surface area contributed by atoms with Crippen molar-refractivity contribution >= 4 is 15.9 Å². The van der Waals surface area contributed by atoms with Crippen LogP contribution in [0.5, 0.6) is 5.75 Å². The van der Waals surface area contributed by atoms with Gasteiger partial charge in [-0.3, -0.25) is 0 Å². The molecule has 0 aliphatic heterocycles. The van der Waals surface area contributed by atoms with Gasteiger partial charge in [0.25, 0.3) is 0 Å². The first kappa shape index (κ1) is 9.48. The van der Waals surface area contributed by atoms with Gasteiger partial charge in [0, 0.05) is 12.1 Å². The first-order valence-corrected chi connectivity index (χ1v) is 4.23. The maximum absolute atomic E-state index is 13.1. The Labute approximate surface area is 78.3 Å². The summed E-state index contributed by atoms with van der Waals surface area (Å²) in [6.07, 6.45) is 0. The molecule has 0 aromatic heterocycles. The van der Waals surface area contributed by atoms with E-state index in [2.05, 4.69) is 15.9 Å². The van der Waals surface area contributed by atoms with Crippen LogP contribution in [0.1, 0.15) is 11.1 Å². The smallest absolute Gasteiger partial charge is 0.170 e. The fourth-order valence-electron chi connectivity index (χ4n) is 0.972. The molecule has 0 saturated heterocycles. The highest BCUT2D eigenvalue weighted by Gasteiger charge is 2.12. The Morgan fingerprint density at radius 2 is 2.25 bits per heavy atom. The van der Waals surface area contributed by atoms with Gasteiger partial charge in [0.05, 0.1) is 4.47 Å². The van der Waals surface area contributed by atoms with E-state index in [9.17, 15) is 9.50 Å². The highest BCUT2D eigenvalue weighted by Crippen LogP contribution is 2.32. The number of hydrogen-bond acceptors (Lipinski definition) is 2. The van der Waals surface area contributed by atoms with Gasteiger partial charge in [-0.25, -0.2) is 4.39 Å². The number of benzene rings is 1. The van der Waals surface area contributed by atoms with Crippen molar-refractivity contribution < 1.29 is 9.50 Å². The molecule has 0 amide bonds. The van der Waals surface area contributed by atoms with Crippen LogP contribution in [0, 0.1) is 12.7 Å². The minimum absolute atomic E-state index is 0.0908. The zero-order valence-electron chi connectivity index (χ0n) is 6.56. The molecule has 0 aliphatic carbocycles. The van der Waals surface area contributed by atoms with E-state index < -0.39 is 5.82 Å². The molecule has 2 nitrogen and oxygen atoms in total. The van der Waals surface area contributed by atoms with E-state index in [1.165, 1.54) is 0 Å². The van der Waals surface area contributed by atoms with Crippen LogP contribution in [-0.2, 0) is 6.54 Å². The Morgan fingerprint density at radius 1 is 1.67 bits per heavy atom. The van der Waals surface area contributed by atoms with Crippen molar-refractivity contribution in [2.75, 3.05) is 0 Å². The molecule has 1 aromatic carbocycles. The molecule has 4 heteroatoms. The number of hydrogen-bond donors (Lipinski definition) is 2. The molecule has 1 rings (SSSR count). The van der Waals surface area contributed by atoms with Crippen LogP contribution >= 0.6 is 15.9 Å². The van der Waals surface area contributed by atoms with Crippen molar-refractivity contribution in [1.82, 2.24) is 0 Å². The maximum atomic E-state index is 13.1. The molecule has 0 saturated carbocycles. The van der Waals surface area contributed by atoms with E-state index in [1.807, 2.05) is 0 Å². The molecule has 0 aliphatic rings. The lowest BCUT2D eigenvalue weighted by atomic mass is 10.1. The normalized spacial score (nSPS) is 10.3. The topological polar surface area (TPSA) is 46.2 Å². The number of halogens is 2. The Bertz CT molecular complexity index is 314. The molecule has 3 N–H and O–H groups in total. The summed E-state index contributed by atoms with van der Waals surface area (Å²) in [6.45, 7) is 1.86. The number of phenols is 1. The van der Waals surface area contributed by atoms with Gasteiger partial charge in [-0.2, -0.15) is 0 Å². The van der Waals surface area contributed by atoms with Gasteiger partial charge in [-0.05, 0) is 28.4 Å². The maximum Gasteiger partial charge on any atom is 0.170 e. The van der Waals surface area contributed by atoms with Crippen LogP contribution < -0.4 is 5.73 Å². The average molecular weight is 234 g/mol. The van der Waals surface area contributed by atoms with E-state index in [1.54, 1.807) is 13.0 Å². The standard InChI is InChI=1S/C8H9BrFNO/c1-4-2-5(3-11)7(10)8(12)6(4)9/h2,12H,3,11H2,1H3. The summed E-state index contributed by atoms with van der Waals surface area (Å²) in [7, 11) is 0. The molecule has 0 unspecified atom stereocenters. The van der Waals surface area contributed by atoms with Crippen LogP contribution in [0.2, 0.25) is 0 Å². The van der Waals surface area contributed by atoms with E-state index in [-0.39, 0.29) is 12.3 Å². The lowest BCUT2D eigenvalue weighted by molar-refractivity contribution is 0.424. The van der Waals surface area contributed by atoms with Crippen LogP contribution in [-0.4, -0.2) is 5.11 Å². The van der Waals surface area contributed by atoms with E-state index >= 15 is 0 Å². The fourth-order valence-corrected chi connectivity index (χ4v) is 1.26. The molecule has 0 radical (unpaired) electrons. The SMILES string of the molecule is Cc1cc(CN)c(F)c(O)c1Br. The molecule has 12 heavy (non-hydrogen) atoms. The van der Waals surface area contributed by atoms with Crippen LogP contribution in [0.15, 0.2) is 10.5 Å². The predicted molar refractivity (Wildman–Crippen MR) is 48.4 cm³/mol. The molecule has 0 spiro atoms. The molecule has 0 fully saturated rings. The fraction of sp³-hybridized carbons (Fsp3) is 0.250. The average Bonchev–Trinajstić information content (AvgIpc) is 2.08. The third kappa shape index (κ3) is 1.44. The summed E-state index contributed by atoms with van der Waals surface area (Å²) in [5, 5.41) is 9.22. The molecule has 0 bridgehead atoms. The second-order valence-electron chi connectivity index (χ2n) is 2.53. The quantitative estimate of drug-likeness (QED) is 0.781. The number of aryl methyl sites for hydroxylation is 1. The van der Waals surface area contributed by atoms with Gasteiger partial charge in [0.15, 0.2) is 11.6 Å². The zero-order valence-corrected chi connectivity index (χ0v) is 8.15. The van der Waals surface area contributed by atoms with E-state index in [0.717, 1.165) is 5.56 Å². The summed E-state index contributed by atoms with van der Waals surface area (Å²) in [5.41, 5.74) is 6.37. The number of rotatable bonds is 1. The Morgan fingerprint density at radius 3 is 2.75 bits per heavy atom. The summed E-state index contributed by atoms with van der Waals surface area (Å²) < 4.78 is 13.5. The third-order valence-electron chi connectivity index (χ3n) is 1.65. The highest BCUT2D eigenvalue weighted by atomic mass is 79.9. The molecular formula is C8H9BrFNO. The van der Waals surface area contributed by atoms with Gasteiger partial charge in [0.2, 0.25) is 0 Å². The number of aromatic hydroxyl groups is 1. The molecule has 0 atom stereocenters. The van der Waals surface area contributed by atoms with Gasteiger partial charge in [-0.1, -0.05) is 6.07 Å². The van der Waals surface area contributed by atoms with Gasteiger partial charge in [-0.15, -0.1) is 0 Å². The van der Waals surface area contributed by atoms with Gasteiger partial charge in [0.1, 0.15) is 0 Å². The van der Waals surface area contributed by atoms with Gasteiger partial charge < -0.3 is 10.8 Å². The number of phenolic OH excluding ortho intramolecular Hbond substituents is 1. The Balaban J connectivity index is 3.39. The molecule has 66 valence electrons. The molecule has 1 aromatic rings. The minimum atomic E-state index is -0.644. The van der Waals surface area contributed by atoms with Gasteiger partial charge >= 0.3 is 0 Å². The second kappa shape index (κ2) is 3.41. The lowest BCUT2D eigenvalue weighted by Crippen LogP contribution is -2.01. The zero-order chi connectivity index (χ0) is 9.30. The monoisotopic (exact) mass is 233 g/mol. The summed E-state index contributed by atoms with van der Waals surface area (Å²) >= 11 is 3.06. The first-order chi connectivity index (χ1) is 5.57. The highest BCUT2D eigenvalue weighted by molar-refractivity contribution is 9.10. The van der Waals surface area contributed by atoms with E-state index in [4.69, 9.17) is 5.73 Å². The molecular weight excluding hydrogens is 225 g/mol.